The lowest BCUT2D eigenvalue weighted by Crippen LogP contribution is -2.44. The van der Waals surface area contributed by atoms with Crippen LogP contribution in [-0.4, -0.2) is 62.3 Å². The molecule has 40 heavy (non-hydrogen) atoms. The van der Waals surface area contributed by atoms with Crippen LogP contribution in [0.1, 0.15) is 11.1 Å². The van der Waals surface area contributed by atoms with Gasteiger partial charge < -0.3 is 15.1 Å². The van der Waals surface area contributed by atoms with Gasteiger partial charge in [0.15, 0.2) is 11.3 Å². The number of benzene rings is 3. The SMILES string of the molecule is Cc1cc(Nc2ncc3c(=O)n4c(nc3n2)c2ccccc2n4Cc2ccccc2)ccc1N1CCN(C)CC1. The van der Waals surface area contributed by atoms with E-state index in [1.54, 1.807) is 10.7 Å². The summed E-state index contributed by atoms with van der Waals surface area (Å²) in [5.41, 5.74) is 6.15. The molecule has 3 aromatic heterocycles. The van der Waals surface area contributed by atoms with Crippen molar-refractivity contribution in [1.29, 1.82) is 0 Å². The highest BCUT2D eigenvalue weighted by molar-refractivity contribution is 5.94. The van der Waals surface area contributed by atoms with E-state index in [2.05, 4.69) is 69.4 Å². The Balaban J connectivity index is 1.26. The Labute approximate surface area is 231 Å². The van der Waals surface area contributed by atoms with Gasteiger partial charge in [0.1, 0.15) is 5.39 Å². The van der Waals surface area contributed by atoms with E-state index in [0.717, 1.165) is 48.3 Å². The Bertz CT molecular complexity index is 1920. The summed E-state index contributed by atoms with van der Waals surface area (Å²) in [5.74, 6) is 0.406. The summed E-state index contributed by atoms with van der Waals surface area (Å²) >= 11 is 0. The van der Waals surface area contributed by atoms with Gasteiger partial charge in [-0.1, -0.05) is 42.5 Å². The second-order valence-corrected chi connectivity index (χ2v) is 10.5. The van der Waals surface area contributed by atoms with Gasteiger partial charge in [0.2, 0.25) is 5.95 Å². The van der Waals surface area contributed by atoms with E-state index in [1.165, 1.54) is 11.3 Å². The van der Waals surface area contributed by atoms with Crippen molar-refractivity contribution >= 4 is 44.9 Å². The lowest BCUT2D eigenvalue weighted by molar-refractivity contribution is 0.312. The Morgan fingerprint density at radius 3 is 2.45 bits per heavy atom. The fourth-order valence-electron chi connectivity index (χ4n) is 5.60. The van der Waals surface area contributed by atoms with Crippen molar-refractivity contribution in [3.63, 3.8) is 0 Å². The number of aryl methyl sites for hydroxylation is 1. The summed E-state index contributed by atoms with van der Waals surface area (Å²) in [5, 5.41) is 4.59. The molecule has 1 N–H and O–H groups in total. The largest absolute Gasteiger partial charge is 0.369 e. The number of rotatable bonds is 5. The van der Waals surface area contributed by atoms with Gasteiger partial charge in [0.25, 0.3) is 5.56 Å². The van der Waals surface area contributed by atoms with E-state index in [0.29, 0.717) is 29.2 Å². The Morgan fingerprint density at radius 1 is 0.875 bits per heavy atom. The fraction of sp³-hybridized carbons (Fsp3) is 0.226. The van der Waals surface area contributed by atoms with Crippen molar-refractivity contribution in [2.24, 2.45) is 0 Å². The molecule has 200 valence electrons. The third kappa shape index (κ3) is 4.24. The first-order chi connectivity index (χ1) is 19.5. The van der Waals surface area contributed by atoms with Gasteiger partial charge in [-0.25, -0.2) is 9.97 Å². The molecule has 9 nitrogen and oxygen atoms in total. The van der Waals surface area contributed by atoms with Gasteiger partial charge in [0, 0.05) is 49.1 Å². The minimum absolute atomic E-state index is 0.189. The zero-order valence-corrected chi connectivity index (χ0v) is 22.6. The van der Waals surface area contributed by atoms with Gasteiger partial charge in [-0.3, -0.25) is 9.48 Å². The lowest BCUT2D eigenvalue weighted by atomic mass is 10.1. The summed E-state index contributed by atoms with van der Waals surface area (Å²) in [6, 6.07) is 24.4. The van der Waals surface area contributed by atoms with Crippen LogP contribution in [0.3, 0.4) is 0 Å². The Kier molecular flexibility index (Phi) is 5.93. The quantitative estimate of drug-likeness (QED) is 0.353. The number of nitrogens with zero attached hydrogens (tertiary/aromatic N) is 7. The van der Waals surface area contributed by atoms with E-state index >= 15 is 0 Å². The highest BCUT2D eigenvalue weighted by Crippen LogP contribution is 2.27. The predicted octanol–water partition coefficient (Wildman–Crippen LogP) is 4.44. The summed E-state index contributed by atoms with van der Waals surface area (Å²) in [6.45, 7) is 6.85. The molecule has 6 aromatic rings. The molecule has 0 radical (unpaired) electrons. The highest BCUT2D eigenvalue weighted by Gasteiger charge is 2.18. The molecule has 7 rings (SSSR count). The number of anilines is 3. The molecule has 0 amide bonds. The molecule has 0 spiro atoms. The molecular weight excluding hydrogens is 500 g/mol. The second-order valence-electron chi connectivity index (χ2n) is 10.5. The van der Waals surface area contributed by atoms with E-state index in [-0.39, 0.29) is 5.56 Å². The van der Waals surface area contributed by atoms with E-state index in [4.69, 9.17) is 4.98 Å². The molecule has 4 heterocycles. The average Bonchev–Trinajstić information content (AvgIpc) is 3.28. The van der Waals surface area contributed by atoms with Crippen molar-refractivity contribution in [1.82, 2.24) is 29.0 Å². The summed E-state index contributed by atoms with van der Waals surface area (Å²) in [4.78, 5) is 32.6. The topological polar surface area (TPSA) is 83.6 Å². The normalized spacial score (nSPS) is 14.4. The van der Waals surface area contributed by atoms with Crippen molar-refractivity contribution < 1.29 is 0 Å². The molecule has 0 atom stereocenters. The maximum absolute atomic E-state index is 13.8. The van der Waals surface area contributed by atoms with Crippen LogP contribution >= 0.6 is 0 Å². The van der Waals surface area contributed by atoms with Crippen LogP contribution in [0.4, 0.5) is 17.3 Å². The molecule has 1 fully saturated rings. The van der Waals surface area contributed by atoms with Crippen LogP contribution in [0.2, 0.25) is 0 Å². The Hall–Kier alpha value is -4.76. The molecule has 9 heteroatoms. The average molecular weight is 531 g/mol. The van der Waals surface area contributed by atoms with Gasteiger partial charge in [-0.2, -0.15) is 9.50 Å². The number of hydrogen-bond donors (Lipinski definition) is 1. The van der Waals surface area contributed by atoms with Crippen molar-refractivity contribution in [2.45, 2.75) is 13.5 Å². The molecule has 3 aromatic carbocycles. The monoisotopic (exact) mass is 530 g/mol. The molecule has 0 bridgehead atoms. The molecule has 0 saturated carbocycles. The van der Waals surface area contributed by atoms with Crippen LogP contribution in [0.5, 0.6) is 0 Å². The maximum Gasteiger partial charge on any atom is 0.284 e. The molecular formula is C31H30N8O. The van der Waals surface area contributed by atoms with Crippen molar-refractivity contribution in [3.8, 4) is 0 Å². The number of para-hydroxylation sites is 1. The van der Waals surface area contributed by atoms with Crippen LogP contribution in [-0.2, 0) is 6.54 Å². The number of nitrogens with one attached hydrogen (secondary N) is 1. The van der Waals surface area contributed by atoms with E-state index in [9.17, 15) is 4.79 Å². The van der Waals surface area contributed by atoms with Crippen LogP contribution < -0.4 is 15.8 Å². The number of likely N-dealkylation sites (N-methyl/N-ethyl adjacent to an activating group) is 1. The number of aromatic nitrogens is 5. The smallest absolute Gasteiger partial charge is 0.284 e. The zero-order valence-electron chi connectivity index (χ0n) is 22.6. The second kappa shape index (κ2) is 9.77. The molecule has 0 aliphatic carbocycles. The summed E-state index contributed by atoms with van der Waals surface area (Å²) in [7, 11) is 2.16. The minimum atomic E-state index is -0.189. The first-order valence-corrected chi connectivity index (χ1v) is 13.6. The molecule has 1 saturated heterocycles. The zero-order chi connectivity index (χ0) is 27.2. The number of fused-ring (bicyclic) bond motifs is 4. The third-order valence-corrected chi connectivity index (χ3v) is 7.74. The van der Waals surface area contributed by atoms with Gasteiger partial charge in [-0.05, 0) is 55.4 Å². The first kappa shape index (κ1) is 24.3. The first-order valence-electron chi connectivity index (χ1n) is 13.6. The van der Waals surface area contributed by atoms with Crippen molar-refractivity contribution in [3.05, 3.63) is 100 Å². The number of hydrogen-bond acceptors (Lipinski definition) is 7. The predicted molar refractivity (Wildman–Crippen MR) is 160 cm³/mol. The fourth-order valence-corrected chi connectivity index (χ4v) is 5.60. The van der Waals surface area contributed by atoms with E-state index in [1.807, 2.05) is 47.1 Å². The maximum atomic E-state index is 13.8. The lowest BCUT2D eigenvalue weighted by Gasteiger charge is -2.35. The van der Waals surface area contributed by atoms with Gasteiger partial charge in [0.05, 0.1) is 12.1 Å². The standard InChI is InChI=1S/C31H30N8O/c1-21-18-23(12-13-26(21)37-16-14-36(2)15-17-37)33-31-32-19-25-28(35-31)34-29-24-10-6-7-11-27(24)38(39(29)30(25)40)20-22-8-4-3-5-9-22/h3-13,18-19H,14-17,20H2,1-2H3,(H,32,33,35). The third-order valence-electron chi connectivity index (χ3n) is 7.74. The van der Waals surface area contributed by atoms with Crippen LogP contribution in [0.15, 0.2) is 83.8 Å². The summed E-state index contributed by atoms with van der Waals surface area (Å²) in [6.07, 6.45) is 1.57. The highest BCUT2D eigenvalue weighted by atomic mass is 16.1. The molecule has 0 unspecified atom stereocenters. The molecule has 1 aliphatic rings. The van der Waals surface area contributed by atoms with Crippen molar-refractivity contribution in [2.75, 3.05) is 43.4 Å². The summed E-state index contributed by atoms with van der Waals surface area (Å²) < 4.78 is 3.63. The van der Waals surface area contributed by atoms with Crippen LogP contribution in [0.25, 0.3) is 27.6 Å². The Morgan fingerprint density at radius 2 is 1.65 bits per heavy atom. The van der Waals surface area contributed by atoms with E-state index < -0.39 is 0 Å². The minimum Gasteiger partial charge on any atom is -0.369 e. The van der Waals surface area contributed by atoms with Crippen LogP contribution in [0, 0.1) is 6.92 Å². The van der Waals surface area contributed by atoms with Gasteiger partial charge in [-0.15, -0.1) is 0 Å². The van der Waals surface area contributed by atoms with Gasteiger partial charge >= 0.3 is 0 Å². The molecule has 1 aliphatic heterocycles. The number of piperazine rings is 1.